The maximum atomic E-state index is 13.2. The van der Waals surface area contributed by atoms with E-state index in [0.717, 1.165) is 31.2 Å². The second-order valence-electron chi connectivity index (χ2n) is 5.63. The fourth-order valence-corrected chi connectivity index (χ4v) is 3.63. The molecule has 0 aliphatic carbocycles. The quantitative estimate of drug-likeness (QED) is 0.470. The molecule has 1 aromatic rings. The maximum Gasteiger partial charge on any atom is 0.473 e. The zero-order valence-corrected chi connectivity index (χ0v) is 14.4. The van der Waals surface area contributed by atoms with E-state index in [0.29, 0.717) is 6.42 Å². The highest BCUT2D eigenvalue weighted by molar-refractivity contribution is 7.89. The first-order valence-electron chi connectivity index (χ1n) is 7.86. The van der Waals surface area contributed by atoms with Crippen molar-refractivity contribution >= 4 is 10.0 Å². The lowest BCUT2D eigenvalue weighted by atomic mass is 10.1. The SMILES string of the molecule is CCCCCCCCN(C(F)(F)F)S(=O)(=O)c1ccc(C)cc1. The highest BCUT2D eigenvalue weighted by Crippen LogP contribution is 2.29. The molecule has 0 bridgehead atoms. The van der Waals surface area contributed by atoms with Gasteiger partial charge in [0, 0.05) is 6.54 Å². The van der Waals surface area contributed by atoms with Gasteiger partial charge in [-0.3, -0.25) is 0 Å². The summed E-state index contributed by atoms with van der Waals surface area (Å²) in [4.78, 5) is -0.327. The van der Waals surface area contributed by atoms with Crippen molar-refractivity contribution in [3.05, 3.63) is 29.8 Å². The summed E-state index contributed by atoms with van der Waals surface area (Å²) in [6, 6.07) is 5.41. The summed E-state index contributed by atoms with van der Waals surface area (Å²) < 4.78 is 63.7. The molecule has 7 heteroatoms. The molecule has 0 atom stereocenters. The van der Waals surface area contributed by atoms with Crippen LogP contribution in [0.1, 0.15) is 51.0 Å². The van der Waals surface area contributed by atoms with Gasteiger partial charge in [-0.05, 0) is 25.5 Å². The largest absolute Gasteiger partial charge is 0.473 e. The third-order valence-corrected chi connectivity index (χ3v) is 5.44. The summed E-state index contributed by atoms with van der Waals surface area (Å²) >= 11 is 0. The van der Waals surface area contributed by atoms with E-state index in [9.17, 15) is 21.6 Å². The maximum absolute atomic E-state index is 13.2. The molecule has 0 spiro atoms. The molecule has 0 heterocycles. The first-order chi connectivity index (χ1) is 10.7. The normalized spacial score (nSPS) is 12.8. The van der Waals surface area contributed by atoms with Gasteiger partial charge in [0.05, 0.1) is 4.90 Å². The third-order valence-electron chi connectivity index (χ3n) is 3.61. The summed E-state index contributed by atoms with van der Waals surface area (Å²) in [6.07, 6.45) is -0.226. The summed E-state index contributed by atoms with van der Waals surface area (Å²) in [5.74, 6) is 0. The first-order valence-corrected chi connectivity index (χ1v) is 9.30. The molecule has 1 rings (SSSR count). The van der Waals surface area contributed by atoms with Gasteiger partial charge >= 0.3 is 6.30 Å². The topological polar surface area (TPSA) is 37.4 Å². The van der Waals surface area contributed by atoms with Gasteiger partial charge < -0.3 is 0 Å². The van der Waals surface area contributed by atoms with Crippen molar-refractivity contribution in [3.8, 4) is 0 Å². The van der Waals surface area contributed by atoms with E-state index in [2.05, 4.69) is 6.92 Å². The number of hydrogen-bond donors (Lipinski definition) is 0. The van der Waals surface area contributed by atoms with Crippen LogP contribution in [0.2, 0.25) is 0 Å². The second kappa shape index (κ2) is 8.68. The minimum Gasteiger partial charge on any atom is -0.207 e. The van der Waals surface area contributed by atoms with Crippen LogP contribution >= 0.6 is 0 Å². The van der Waals surface area contributed by atoms with Gasteiger partial charge in [-0.25, -0.2) is 8.42 Å². The van der Waals surface area contributed by atoms with E-state index in [1.54, 1.807) is 6.92 Å². The summed E-state index contributed by atoms with van der Waals surface area (Å²) in [5, 5.41) is 0. The molecule has 0 saturated carbocycles. The number of unbranched alkanes of at least 4 members (excludes halogenated alkanes) is 5. The lowest BCUT2D eigenvalue weighted by molar-refractivity contribution is -0.210. The highest BCUT2D eigenvalue weighted by Gasteiger charge is 2.45. The Hall–Kier alpha value is -1.08. The molecular formula is C16H24F3NO2S. The van der Waals surface area contributed by atoms with Crippen LogP contribution in [0.15, 0.2) is 29.2 Å². The number of alkyl halides is 3. The van der Waals surface area contributed by atoms with E-state index < -0.39 is 22.9 Å². The van der Waals surface area contributed by atoms with Gasteiger partial charge in [0.1, 0.15) is 0 Å². The predicted octanol–water partition coefficient (Wildman–Crippen LogP) is 4.87. The van der Waals surface area contributed by atoms with Crippen molar-refractivity contribution in [1.29, 1.82) is 0 Å². The van der Waals surface area contributed by atoms with Crippen LogP contribution in [0, 0.1) is 6.92 Å². The Labute approximate surface area is 136 Å². The van der Waals surface area contributed by atoms with Crippen LogP contribution < -0.4 is 0 Å². The van der Waals surface area contributed by atoms with Gasteiger partial charge in [0.25, 0.3) is 0 Å². The number of rotatable bonds is 9. The zero-order chi connectivity index (χ0) is 17.5. The van der Waals surface area contributed by atoms with E-state index in [1.165, 1.54) is 24.3 Å². The summed E-state index contributed by atoms with van der Waals surface area (Å²) in [6.45, 7) is 3.26. The lowest BCUT2D eigenvalue weighted by Crippen LogP contribution is -2.43. The Balaban J connectivity index is 2.79. The number of halogens is 3. The van der Waals surface area contributed by atoms with Gasteiger partial charge in [-0.1, -0.05) is 56.7 Å². The lowest BCUT2D eigenvalue weighted by Gasteiger charge is -2.24. The Morgan fingerprint density at radius 1 is 0.957 bits per heavy atom. The Morgan fingerprint density at radius 3 is 2.00 bits per heavy atom. The molecule has 0 radical (unpaired) electrons. The molecule has 23 heavy (non-hydrogen) atoms. The molecule has 0 aromatic heterocycles. The van der Waals surface area contributed by atoms with Gasteiger partial charge in [-0.2, -0.15) is 13.2 Å². The van der Waals surface area contributed by atoms with Gasteiger partial charge in [0.2, 0.25) is 10.0 Å². The molecule has 1 aromatic carbocycles. The Bertz CT molecular complexity index is 568. The molecule has 0 fully saturated rings. The standard InChI is InChI=1S/C16H24F3NO2S/c1-3-4-5-6-7-8-13-20(16(17,18)19)23(21,22)15-11-9-14(2)10-12-15/h9-12H,3-8,13H2,1-2H3. The number of benzene rings is 1. The average molecular weight is 351 g/mol. The van der Waals surface area contributed by atoms with Crippen LogP contribution in [0.4, 0.5) is 13.2 Å². The minimum atomic E-state index is -4.91. The molecule has 0 unspecified atom stereocenters. The molecule has 132 valence electrons. The fraction of sp³-hybridized carbons (Fsp3) is 0.625. The molecule has 0 aliphatic heterocycles. The molecule has 0 saturated heterocycles. The van der Waals surface area contributed by atoms with Crippen LogP contribution in [0.25, 0.3) is 0 Å². The number of sulfonamides is 1. The monoisotopic (exact) mass is 351 g/mol. The number of aryl methyl sites for hydroxylation is 1. The molecule has 3 nitrogen and oxygen atoms in total. The van der Waals surface area contributed by atoms with E-state index in [-0.39, 0.29) is 15.6 Å². The number of hydrogen-bond acceptors (Lipinski definition) is 2. The van der Waals surface area contributed by atoms with E-state index >= 15 is 0 Å². The van der Waals surface area contributed by atoms with Crippen LogP contribution in [-0.2, 0) is 10.0 Å². The zero-order valence-electron chi connectivity index (χ0n) is 13.6. The molecule has 0 N–H and O–H groups in total. The Morgan fingerprint density at radius 2 is 1.48 bits per heavy atom. The van der Waals surface area contributed by atoms with E-state index in [4.69, 9.17) is 0 Å². The molecular weight excluding hydrogens is 327 g/mol. The summed E-state index contributed by atoms with van der Waals surface area (Å²) in [5.41, 5.74) is 0.790. The smallest absolute Gasteiger partial charge is 0.207 e. The molecule has 0 aliphatic rings. The second-order valence-corrected chi connectivity index (χ2v) is 7.49. The van der Waals surface area contributed by atoms with Gasteiger partial charge in [0.15, 0.2) is 0 Å². The fourth-order valence-electron chi connectivity index (χ4n) is 2.26. The van der Waals surface area contributed by atoms with Crippen molar-refractivity contribution in [2.75, 3.05) is 6.54 Å². The third kappa shape index (κ3) is 6.14. The van der Waals surface area contributed by atoms with Crippen molar-refractivity contribution in [3.63, 3.8) is 0 Å². The van der Waals surface area contributed by atoms with Crippen molar-refractivity contribution in [2.45, 2.75) is 63.6 Å². The van der Waals surface area contributed by atoms with Gasteiger partial charge in [-0.15, -0.1) is 4.31 Å². The van der Waals surface area contributed by atoms with Crippen LogP contribution in [-0.4, -0.2) is 25.6 Å². The molecule has 0 amide bonds. The van der Waals surface area contributed by atoms with Crippen molar-refractivity contribution in [2.24, 2.45) is 0 Å². The highest BCUT2D eigenvalue weighted by atomic mass is 32.2. The van der Waals surface area contributed by atoms with Crippen molar-refractivity contribution < 1.29 is 21.6 Å². The minimum absolute atomic E-state index is 0.203. The first kappa shape index (κ1) is 20.0. The van der Waals surface area contributed by atoms with Crippen LogP contribution in [0.3, 0.4) is 0 Å². The number of nitrogens with zero attached hydrogens (tertiary/aromatic N) is 1. The van der Waals surface area contributed by atoms with Crippen molar-refractivity contribution in [1.82, 2.24) is 4.31 Å². The Kier molecular flexibility index (Phi) is 7.54. The predicted molar refractivity (Wildman–Crippen MR) is 84.5 cm³/mol. The van der Waals surface area contributed by atoms with Crippen LogP contribution in [0.5, 0.6) is 0 Å². The van der Waals surface area contributed by atoms with E-state index in [1.807, 2.05) is 0 Å². The summed E-state index contributed by atoms with van der Waals surface area (Å²) in [7, 11) is -4.56. The average Bonchev–Trinajstić information content (AvgIpc) is 2.45.